The smallest absolute Gasteiger partial charge is 0.291 e. The molecule has 5 heterocycles. The Morgan fingerprint density at radius 3 is 3.00 bits per heavy atom. The second-order valence-electron chi connectivity index (χ2n) is 6.77. The SMILES string of the molecule is Cn1c2c(c3cnn(Cc4nc(C(N)=O)cs4)c(=O)c31)SC(Cc1ccn[nH]1)=NC2. The largest absolute Gasteiger partial charge is 0.364 e. The summed E-state index contributed by atoms with van der Waals surface area (Å²) in [6.07, 6.45) is 4.09. The van der Waals surface area contributed by atoms with Crippen molar-refractivity contribution in [2.24, 2.45) is 17.8 Å². The van der Waals surface area contributed by atoms with Crippen molar-refractivity contribution in [2.45, 2.75) is 24.4 Å². The van der Waals surface area contributed by atoms with Crippen LogP contribution in [-0.2, 0) is 26.6 Å². The number of nitrogens with one attached hydrogen (secondary N) is 1. The van der Waals surface area contributed by atoms with Gasteiger partial charge in [-0.1, -0.05) is 11.8 Å². The summed E-state index contributed by atoms with van der Waals surface area (Å²) in [6.45, 7) is 0.683. The van der Waals surface area contributed by atoms with Crippen LogP contribution >= 0.6 is 23.1 Å². The lowest BCUT2D eigenvalue weighted by molar-refractivity contribution is 0.0996. The number of nitrogens with two attached hydrogens (primary N) is 1. The number of primary amides is 1. The molecule has 0 aliphatic carbocycles. The van der Waals surface area contributed by atoms with E-state index in [1.807, 2.05) is 17.7 Å². The number of hydrogen-bond donors (Lipinski definition) is 2. The Morgan fingerprint density at radius 1 is 1.40 bits per heavy atom. The van der Waals surface area contributed by atoms with Gasteiger partial charge in [0.2, 0.25) is 0 Å². The Morgan fingerprint density at radius 2 is 2.27 bits per heavy atom. The summed E-state index contributed by atoms with van der Waals surface area (Å²) in [6, 6.07) is 1.92. The maximum Gasteiger partial charge on any atom is 0.291 e. The normalized spacial score (nSPS) is 13.4. The number of carbonyl (C=O) groups excluding carboxylic acids is 1. The first kappa shape index (κ1) is 18.8. The number of amides is 1. The monoisotopic (exact) mass is 440 g/mol. The van der Waals surface area contributed by atoms with Crippen molar-refractivity contribution in [3.8, 4) is 0 Å². The van der Waals surface area contributed by atoms with Crippen LogP contribution in [0.3, 0.4) is 0 Å². The highest BCUT2D eigenvalue weighted by Crippen LogP contribution is 2.37. The summed E-state index contributed by atoms with van der Waals surface area (Å²) in [5.41, 5.74) is 7.79. The second kappa shape index (κ2) is 7.22. The molecule has 0 atom stereocenters. The molecule has 0 unspecified atom stereocenters. The molecule has 10 nitrogen and oxygen atoms in total. The number of H-pyrrole nitrogens is 1. The van der Waals surface area contributed by atoms with Crippen LogP contribution in [0.2, 0.25) is 0 Å². The number of hydrogen-bond acceptors (Lipinski definition) is 8. The second-order valence-corrected chi connectivity index (χ2v) is 8.79. The Kier molecular flexibility index (Phi) is 4.51. The molecule has 1 aliphatic rings. The number of aryl methyl sites for hydroxylation is 1. The van der Waals surface area contributed by atoms with Crippen LogP contribution in [0.15, 0.2) is 38.5 Å². The summed E-state index contributed by atoms with van der Waals surface area (Å²) >= 11 is 2.83. The molecule has 4 aromatic heterocycles. The van der Waals surface area contributed by atoms with Gasteiger partial charge in [-0.25, -0.2) is 9.67 Å². The zero-order chi connectivity index (χ0) is 20.8. The summed E-state index contributed by atoms with van der Waals surface area (Å²) in [5.74, 6) is -0.591. The van der Waals surface area contributed by atoms with Crippen molar-refractivity contribution in [3.63, 3.8) is 0 Å². The summed E-state index contributed by atoms with van der Waals surface area (Å²) in [7, 11) is 1.87. The molecular formula is C18H16N8O2S2. The number of aromatic amines is 1. The average molecular weight is 441 g/mol. The quantitative estimate of drug-likeness (QED) is 0.480. The van der Waals surface area contributed by atoms with E-state index in [1.54, 1.807) is 29.5 Å². The third-order valence-electron chi connectivity index (χ3n) is 4.88. The molecule has 0 radical (unpaired) electrons. The molecule has 0 aromatic carbocycles. The Balaban J connectivity index is 1.49. The van der Waals surface area contributed by atoms with Crippen LogP contribution in [0.5, 0.6) is 0 Å². The molecule has 152 valence electrons. The van der Waals surface area contributed by atoms with Crippen LogP contribution in [0.1, 0.15) is 26.9 Å². The van der Waals surface area contributed by atoms with Gasteiger partial charge in [-0.3, -0.25) is 19.7 Å². The Labute approximate surface area is 177 Å². The van der Waals surface area contributed by atoms with E-state index in [0.29, 0.717) is 23.5 Å². The number of aliphatic imine (C=N–C) groups is 1. The highest BCUT2D eigenvalue weighted by atomic mass is 32.2. The number of rotatable bonds is 5. The molecule has 5 rings (SSSR count). The number of aromatic nitrogens is 6. The molecular weight excluding hydrogens is 424 g/mol. The zero-order valence-electron chi connectivity index (χ0n) is 15.8. The van der Waals surface area contributed by atoms with Crippen molar-refractivity contribution in [1.29, 1.82) is 0 Å². The minimum absolute atomic E-state index is 0.178. The molecule has 1 amide bonds. The minimum atomic E-state index is -0.591. The number of fused-ring (bicyclic) bond motifs is 3. The van der Waals surface area contributed by atoms with Gasteiger partial charge in [0.15, 0.2) is 0 Å². The molecule has 0 fully saturated rings. The van der Waals surface area contributed by atoms with Crippen molar-refractivity contribution in [2.75, 3.05) is 0 Å². The summed E-state index contributed by atoms with van der Waals surface area (Å²) in [4.78, 5) is 34.3. The third kappa shape index (κ3) is 3.13. The van der Waals surface area contributed by atoms with E-state index in [9.17, 15) is 9.59 Å². The highest BCUT2D eigenvalue weighted by molar-refractivity contribution is 8.14. The van der Waals surface area contributed by atoms with Gasteiger partial charge < -0.3 is 10.3 Å². The van der Waals surface area contributed by atoms with Gasteiger partial charge in [0.25, 0.3) is 11.5 Å². The van der Waals surface area contributed by atoms with E-state index >= 15 is 0 Å². The molecule has 4 aromatic rings. The van der Waals surface area contributed by atoms with E-state index < -0.39 is 5.91 Å². The van der Waals surface area contributed by atoms with Crippen molar-refractivity contribution in [3.05, 3.63) is 56.3 Å². The lowest BCUT2D eigenvalue weighted by Gasteiger charge is -2.13. The average Bonchev–Trinajstić information content (AvgIpc) is 3.45. The molecule has 3 N–H and O–H groups in total. The topological polar surface area (TPSA) is 137 Å². The van der Waals surface area contributed by atoms with Gasteiger partial charge >= 0.3 is 0 Å². The summed E-state index contributed by atoms with van der Waals surface area (Å²) in [5, 5.41) is 15.2. The van der Waals surface area contributed by atoms with Crippen molar-refractivity contribution in [1.82, 2.24) is 29.5 Å². The first-order chi connectivity index (χ1) is 14.5. The number of nitrogens with zero attached hydrogens (tertiary/aromatic N) is 6. The predicted molar refractivity (Wildman–Crippen MR) is 114 cm³/mol. The molecule has 0 saturated carbocycles. The lowest BCUT2D eigenvalue weighted by atomic mass is 10.3. The molecule has 30 heavy (non-hydrogen) atoms. The van der Waals surface area contributed by atoms with Gasteiger partial charge in [0.05, 0.1) is 30.0 Å². The van der Waals surface area contributed by atoms with Crippen molar-refractivity contribution >= 4 is 45.0 Å². The van der Waals surface area contributed by atoms with Crippen LogP contribution < -0.4 is 11.3 Å². The van der Waals surface area contributed by atoms with Crippen LogP contribution in [-0.4, -0.2) is 40.5 Å². The molecule has 0 saturated heterocycles. The van der Waals surface area contributed by atoms with Gasteiger partial charge in [-0.05, 0) is 6.07 Å². The van der Waals surface area contributed by atoms with E-state index in [2.05, 4.69) is 25.3 Å². The van der Waals surface area contributed by atoms with Crippen LogP contribution in [0.25, 0.3) is 10.9 Å². The molecule has 12 heteroatoms. The number of thiazole rings is 1. The standard InChI is InChI=1S/C18H16N8O2S2/c1-25-12-6-20-13(4-9-2-3-21-24-9)30-16(12)10-5-22-26(18(28)15(10)25)7-14-23-11(8-29-14)17(19)27/h2-3,5,8H,4,6-7H2,1H3,(H2,19,27)(H,21,24). The van der Waals surface area contributed by atoms with E-state index in [-0.39, 0.29) is 17.8 Å². The fourth-order valence-corrected chi connectivity index (χ4v) is 5.33. The molecule has 0 bridgehead atoms. The Hall–Kier alpha value is -3.25. The van der Waals surface area contributed by atoms with Gasteiger partial charge in [0.1, 0.15) is 16.2 Å². The maximum absolute atomic E-state index is 13.2. The highest BCUT2D eigenvalue weighted by Gasteiger charge is 2.24. The summed E-state index contributed by atoms with van der Waals surface area (Å²) < 4.78 is 3.25. The molecule has 0 spiro atoms. The minimum Gasteiger partial charge on any atom is -0.364 e. The number of thioether (sulfide) groups is 1. The first-order valence-electron chi connectivity index (χ1n) is 9.02. The maximum atomic E-state index is 13.2. The van der Waals surface area contributed by atoms with Gasteiger partial charge in [0, 0.05) is 41.0 Å². The fourth-order valence-electron chi connectivity index (χ4n) is 3.39. The third-order valence-corrected chi connectivity index (χ3v) is 6.88. The van der Waals surface area contributed by atoms with Gasteiger partial charge in [-0.2, -0.15) is 10.2 Å². The fraction of sp³-hybridized carbons (Fsp3) is 0.222. The van der Waals surface area contributed by atoms with Crippen LogP contribution in [0.4, 0.5) is 0 Å². The van der Waals surface area contributed by atoms with E-state index in [1.165, 1.54) is 16.0 Å². The Bertz CT molecular complexity index is 1360. The van der Waals surface area contributed by atoms with E-state index in [4.69, 9.17) is 5.73 Å². The predicted octanol–water partition coefficient (Wildman–Crippen LogP) is 1.31. The first-order valence-corrected chi connectivity index (χ1v) is 10.7. The van der Waals surface area contributed by atoms with E-state index in [0.717, 1.165) is 26.7 Å². The number of carbonyl (C=O) groups is 1. The zero-order valence-corrected chi connectivity index (χ0v) is 17.5. The van der Waals surface area contributed by atoms with Crippen LogP contribution in [0, 0.1) is 0 Å². The van der Waals surface area contributed by atoms with Gasteiger partial charge in [-0.15, -0.1) is 11.3 Å². The van der Waals surface area contributed by atoms with Crippen molar-refractivity contribution < 1.29 is 4.79 Å². The lowest BCUT2D eigenvalue weighted by Crippen LogP contribution is -2.24. The molecule has 1 aliphatic heterocycles.